The second-order valence-corrected chi connectivity index (χ2v) is 6.84. The fourth-order valence-corrected chi connectivity index (χ4v) is 2.85. The van der Waals surface area contributed by atoms with Crippen LogP contribution in [0.4, 0.5) is 5.82 Å². The number of halogens is 2. The van der Waals surface area contributed by atoms with Crippen LogP contribution in [-0.4, -0.2) is 41.8 Å². The number of hydrogen-bond acceptors (Lipinski definition) is 7. The number of nitrogens with one attached hydrogen (secondary N) is 1. The van der Waals surface area contributed by atoms with Crippen molar-refractivity contribution in [2.75, 3.05) is 30.0 Å². The zero-order valence-corrected chi connectivity index (χ0v) is 16.1. The van der Waals surface area contributed by atoms with Crippen molar-refractivity contribution in [3.8, 4) is 5.75 Å². The van der Waals surface area contributed by atoms with E-state index in [0.29, 0.717) is 27.4 Å². The minimum absolute atomic E-state index is 0.0486. The van der Waals surface area contributed by atoms with Crippen LogP contribution < -0.4 is 10.1 Å². The molecule has 1 amide bonds. The lowest BCUT2D eigenvalue weighted by molar-refractivity contribution is -0.141. The molecule has 7 nitrogen and oxygen atoms in total. The third-order valence-electron chi connectivity index (χ3n) is 2.85. The van der Waals surface area contributed by atoms with E-state index < -0.39 is 5.97 Å². The number of aromatic nitrogens is 1. The first-order valence-corrected chi connectivity index (χ1v) is 9.39. The lowest BCUT2D eigenvalue weighted by Crippen LogP contribution is -2.17. The molecule has 0 fully saturated rings. The van der Waals surface area contributed by atoms with Gasteiger partial charge in [-0.3, -0.25) is 9.59 Å². The van der Waals surface area contributed by atoms with Crippen LogP contribution in [0.15, 0.2) is 28.8 Å². The number of nitrogens with zero attached hydrogens (tertiary/aromatic N) is 1. The molecule has 0 saturated carbocycles. The molecule has 0 bridgehead atoms. The third-order valence-corrected chi connectivity index (χ3v) is 4.28. The van der Waals surface area contributed by atoms with E-state index in [0.717, 1.165) is 11.8 Å². The summed E-state index contributed by atoms with van der Waals surface area (Å²) in [5.74, 6) is 0.821. The summed E-state index contributed by atoms with van der Waals surface area (Å²) in [4.78, 5) is 23.3. The minimum Gasteiger partial charge on any atom is -0.488 e. The summed E-state index contributed by atoms with van der Waals surface area (Å²) in [7, 11) is 0. The second kappa shape index (κ2) is 10.3. The Morgan fingerprint density at radius 2 is 2.04 bits per heavy atom. The molecule has 0 spiro atoms. The van der Waals surface area contributed by atoms with Crippen LogP contribution in [0.1, 0.15) is 5.76 Å². The van der Waals surface area contributed by atoms with Gasteiger partial charge >= 0.3 is 5.97 Å². The van der Waals surface area contributed by atoms with Gasteiger partial charge in [0.05, 0.1) is 16.5 Å². The van der Waals surface area contributed by atoms with Gasteiger partial charge in [-0.15, -0.1) is 11.8 Å². The van der Waals surface area contributed by atoms with Gasteiger partial charge in [0.25, 0.3) is 0 Å². The van der Waals surface area contributed by atoms with Crippen molar-refractivity contribution in [3.63, 3.8) is 0 Å². The third kappa shape index (κ3) is 7.15. The summed E-state index contributed by atoms with van der Waals surface area (Å²) in [6.07, 6.45) is 0. The smallest absolute Gasteiger partial charge is 0.316 e. The molecule has 0 unspecified atom stereocenters. The summed E-state index contributed by atoms with van der Waals surface area (Å²) in [6.45, 7) is 1.95. The number of esters is 1. The molecule has 1 aromatic carbocycles. The number of amides is 1. The number of carbonyl (C=O) groups is 2. The topological polar surface area (TPSA) is 90.7 Å². The number of thioether (sulfide) groups is 1. The van der Waals surface area contributed by atoms with Crippen molar-refractivity contribution in [1.29, 1.82) is 0 Å². The van der Waals surface area contributed by atoms with Gasteiger partial charge in [0.1, 0.15) is 24.7 Å². The van der Waals surface area contributed by atoms with E-state index in [2.05, 4.69) is 10.5 Å². The van der Waals surface area contributed by atoms with Crippen LogP contribution in [0.25, 0.3) is 0 Å². The van der Waals surface area contributed by atoms with Crippen LogP contribution in [0.5, 0.6) is 5.75 Å². The fourth-order valence-electron chi connectivity index (χ4n) is 1.77. The lowest BCUT2D eigenvalue weighted by Gasteiger charge is -2.09. The zero-order chi connectivity index (χ0) is 18.9. The maximum atomic E-state index is 11.7. The highest BCUT2D eigenvalue weighted by Crippen LogP contribution is 2.27. The molecule has 1 aromatic heterocycles. The monoisotopic (exact) mass is 418 g/mol. The Balaban J connectivity index is 1.56. The van der Waals surface area contributed by atoms with E-state index in [-0.39, 0.29) is 30.6 Å². The second-order valence-electron chi connectivity index (χ2n) is 5.01. The molecule has 2 aromatic rings. The molecule has 140 valence electrons. The van der Waals surface area contributed by atoms with E-state index >= 15 is 0 Å². The van der Waals surface area contributed by atoms with E-state index in [1.807, 2.05) is 0 Å². The lowest BCUT2D eigenvalue weighted by atomic mass is 10.3. The number of ether oxygens (including phenoxy) is 2. The molecule has 1 heterocycles. The summed E-state index contributed by atoms with van der Waals surface area (Å²) in [6, 6.07) is 6.45. The highest BCUT2D eigenvalue weighted by atomic mass is 35.5. The SMILES string of the molecule is Cc1cc(NC(=O)CSCC(=O)OCCOc2ccc(Cl)cc2Cl)no1. The Bertz CT molecular complexity index is 769. The van der Waals surface area contributed by atoms with Crippen LogP contribution in [0.3, 0.4) is 0 Å². The molecule has 0 aliphatic rings. The van der Waals surface area contributed by atoms with Crippen LogP contribution >= 0.6 is 35.0 Å². The van der Waals surface area contributed by atoms with Gasteiger partial charge in [-0.1, -0.05) is 28.4 Å². The number of hydrogen-bond donors (Lipinski definition) is 1. The molecule has 0 atom stereocenters. The fraction of sp³-hybridized carbons (Fsp3) is 0.312. The highest BCUT2D eigenvalue weighted by Gasteiger charge is 2.09. The predicted octanol–water partition coefficient (Wildman–Crippen LogP) is 3.58. The van der Waals surface area contributed by atoms with Gasteiger partial charge in [-0.2, -0.15) is 0 Å². The number of anilines is 1. The Hall–Kier alpha value is -1.90. The average Bonchev–Trinajstić information content (AvgIpc) is 2.98. The van der Waals surface area contributed by atoms with Crippen LogP contribution in [-0.2, 0) is 14.3 Å². The van der Waals surface area contributed by atoms with Crippen molar-refractivity contribution < 1.29 is 23.6 Å². The van der Waals surface area contributed by atoms with E-state index in [4.69, 9.17) is 37.2 Å². The normalized spacial score (nSPS) is 10.4. The van der Waals surface area contributed by atoms with Crippen molar-refractivity contribution >= 4 is 52.7 Å². The maximum absolute atomic E-state index is 11.7. The highest BCUT2D eigenvalue weighted by molar-refractivity contribution is 8.00. The molecular weight excluding hydrogens is 403 g/mol. The van der Waals surface area contributed by atoms with Gasteiger partial charge < -0.3 is 19.3 Å². The molecule has 1 N–H and O–H groups in total. The van der Waals surface area contributed by atoms with Gasteiger partial charge in [0.15, 0.2) is 5.82 Å². The number of rotatable bonds is 9. The van der Waals surface area contributed by atoms with Crippen LogP contribution in [0.2, 0.25) is 10.0 Å². The number of carbonyl (C=O) groups excluding carboxylic acids is 2. The molecule has 0 saturated heterocycles. The number of benzene rings is 1. The Morgan fingerprint density at radius 1 is 1.23 bits per heavy atom. The van der Waals surface area contributed by atoms with Crippen molar-refractivity contribution in [3.05, 3.63) is 40.1 Å². The Labute approximate surface area is 164 Å². The maximum Gasteiger partial charge on any atom is 0.316 e. The number of aryl methyl sites for hydroxylation is 1. The van der Waals surface area contributed by atoms with Gasteiger partial charge in [0.2, 0.25) is 5.91 Å². The zero-order valence-electron chi connectivity index (χ0n) is 13.8. The van der Waals surface area contributed by atoms with E-state index in [1.54, 1.807) is 31.2 Å². The molecule has 0 aliphatic heterocycles. The summed E-state index contributed by atoms with van der Waals surface area (Å²) in [5, 5.41) is 7.09. The van der Waals surface area contributed by atoms with Crippen molar-refractivity contribution in [2.45, 2.75) is 6.92 Å². The first-order valence-electron chi connectivity index (χ1n) is 7.48. The molecule has 26 heavy (non-hydrogen) atoms. The summed E-state index contributed by atoms with van der Waals surface area (Å²) in [5.41, 5.74) is 0. The van der Waals surface area contributed by atoms with E-state index in [1.165, 1.54) is 0 Å². The summed E-state index contributed by atoms with van der Waals surface area (Å²) >= 11 is 12.9. The average molecular weight is 419 g/mol. The van der Waals surface area contributed by atoms with Crippen molar-refractivity contribution in [1.82, 2.24) is 5.16 Å². The Morgan fingerprint density at radius 3 is 2.73 bits per heavy atom. The first kappa shape index (κ1) is 20.4. The minimum atomic E-state index is -0.439. The van der Waals surface area contributed by atoms with Crippen LogP contribution in [0, 0.1) is 6.92 Å². The molecule has 2 rings (SSSR count). The molecule has 0 radical (unpaired) electrons. The van der Waals surface area contributed by atoms with Gasteiger partial charge in [0, 0.05) is 11.1 Å². The molecule has 0 aliphatic carbocycles. The van der Waals surface area contributed by atoms with Gasteiger partial charge in [-0.05, 0) is 25.1 Å². The Kier molecular flexibility index (Phi) is 8.08. The molecule has 10 heteroatoms. The van der Waals surface area contributed by atoms with E-state index in [9.17, 15) is 9.59 Å². The van der Waals surface area contributed by atoms with Gasteiger partial charge in [-0.25, -0.2) is 0 Å². The first-order chi connectivity index (χ1) is 12.4. The largest absolute Gasteiger partial charge is 0.488 e. The molecular formula is C16H16Cl2N2O5S. The van der Waals surface area contributed by atoms with Crippen molar-refractivity contribution in [2.24, 2.45) is 0 Å². The predicted molar refractivity (Wildman–Crippen MR) is 100 cm³/mol. The quantitative estimate of drug-likeness (QED) is 0.491. The standard InChI is InChI=1S/C16H16Cl2N2O5S/c1-10-6-14(20-25-10)19-15(21)8-26-9-16(22)24-5-4-23-13-3-2-11(17)7-12(13)18/h2-3,6-7H,4-5,8-9H2,1H3,(H,19,20,21). The summed E-state index contributed by atoms with van der Waals surface area (Å²) < 4.78 is 15.3.